The second-order valence-electron chi connectivity index (χ2n) is 4.12. The Bertz CT molecular complexity index is 542. The molecule has 1 aromatic heterocycles. The van der Waals surface area contributed by atoms with Crippen LogP contribution in [0, 0.1) is 12.7 Å². The molecule has 0 bridgehead atoms. The van der Waals surface area contributed by atoms with Crippen molar-refractivity contribution in [2.75, 3.05) is 6.54 Å². The van der Waals surface area contributed by atoms with Crippen molar-refractivity contribution in [1.82, 2.24) is 10.3 Å². The van der Waals surface area contributed by atoms with Gasteiger partial charge in [0.05, 0.1) is 5.69 Å². The first-order chi connectivity index (χ1) is 9.20. The van der Waals surface area contributed by atoms with Gasteiger partial charge in [0.2, 0.25) is 0 Å². The summed E-state index contributed by atoms with van der Waals surface area (Å²) in [6, 6.07) is 6.40. The molecule has 2 rings (SSSR count). The molecule has 0 saturated heterocycles. The monoisotopic (exact) mass is 280 g/mol. The average Bonchev–Trinajstić information content (AvgIpc) is 2.76. The minimum absolute atomic E-state index is 0.267. The van der Waals surface area contributed by atoms with Crippen molar-refractivity contribution < 1.29 is 9.13 Å². The topological polar surface area (TPSA) is 34.1 Å². The van der Waals surface area contributed by atoms with Gasteiger partial charge >= 0.3 is 0 Å². The van der Waals surface area contributed by atoms with Crippen LogP contribution in [0.2, 0.25) is 0 Å². The number of para-hydroxylation sites is 1. The summed E-state index contributed by atoms with van der Waals surface area (Å²) in [4.78, 5) is 5.64. The average molecular weight is 280 g/mol. The highest BCUT2D eigenvalue weighted by molar-refractivity contribution is 7.11. The third-order valence-corrected chi connectivity index (χ3v) is 3.79. The van der Waals surface area contributed by atoms with E-state index in [2.05, 4.69) is 17.2 Å². The molecule has 1 N–H and O–H groups in total. The molecule has 0 unspecified atom stereocenters. The summed E-state index contributed by atoms with van der Waals surface area (Å²) in [6.07, 6.45) is 0. The number of nitrogens with one attached hydrogen (secondary N) is 1. The van der Waals surface area contributed by atoms with Crippen molar-refractivity contribution in [2.45, 2.75) is 27.0 Å². The first-order valence-electron chi connectivity index (χ1n) is 6.24. The third kappa shape index (κ3) is 3.75. The summed E-state index contributed by atoms with van der Waals surface area (Å²) in [7, 11) is 0. The molecule has 0 atom stereocenters. The smallest absolute Gasteiger partial charge is 0.165 e. The number of halogens is 1. The summed E-state index contributed by atoms with van der Waals surface area (Å²) in [5, 5.41) is 4.14. The zero-order chi connectivity index (χ0) is 13.7. The molecular formula is C14H17FN2OS. The van der Waals surface area contributed by atoms with E-state index in [1.54, 1.807) is 29.5 Å². The quantitative estimate of drug-likeness (QED) is 0.881. The lowest BCUT2D eigenvalue weighted by molar-refractivity contribution is 0.289. The number of benzene rings is 1. The highest BCUT2D eigenvalue weighted by atomic mass is 32.1. The molecule has 1 aromatic carbocycles. The summed E-state index contributed by atoms with van der Waals surface area (Å²) >= 11 is 1.60. The number of rotatable bonds is 6. The lowest BCUT2D eigenvalue weighted by Gasteiger charge is -2.04. The molecule has 0 aliphatic rings. The van der Waals surface area contributed by atoms with Gasteiger partial charge in [0.1, 0.15) is 11.6 Å². The van der Waals surface area contributed by atoms with Gasteiger partial charge in [-0.05, 0) is 25.6 Å². The Morgan fingerprint density at radius 2 is 2.16 bits per heavy atom. The molecular weight excluding hydrogens is 263 g/mol. The van der Waals surface area contributed by atoms with E-state index in [1.807, 2.05) is 6.92 Å². The molecule has 0 amide bonds. The number of hydrogen-bond donors (Lipinski definition) is 1. The van der Waals surface area contributed by atoms with E-state index in [9.17, 15) is 4.39 Å². The molecule has 102 valence electrons. The Labute approximate surface area is 116 Å². The van der Waals surface area contributed by atoms with Gasteiger partial charge < -0.3 is 10.1 Å². The van der Waals surface area contributed by atoms with E-state index in [1.165, 1.54) is 10.9 Å². The first-order valence-corrected chi connectivity index (χ1v) is 7.05. The molecule has 19 heavy (non-hydrogen) atoms. The number of aromatic nitrogens is 1. The van der Waals surface area contributed by atoms with Crippen LogP contribution in [0.5, 0.6) is 5.75 Å². The predicted molar refractivity (Wildman–Crippen MR) is 75.0 cm³/mol. The number of aryl methyl sites for hydroxylation is 1. The first kappa shape index (κ1) is 14.0. The van der Waals surface area contributed by atoms with Gasteiger partial charge in [0.25, 0.3) is 0 Å². The molecule has 0 fully saturated rings. The Hall–Kier alpha value is -1.46. The molecule has 3 nitrogen and oxygen atoms in total. The highest BCUT2D eigenvalue weighted by Crippen LogP contribution is 2.21. The molecule has 5 heteroatoms. The van der Waals surface area contributed by atoms with E-state index < -0.39 is 0 Å². The Balaban J connectivity index is 1.98. The van der Waals surface area contributed by atoms with Gasteiger partial charge in [0.15, 0.2) is 11.6 Å². The highest BCUT2D eigenvalue weighted by Gasteiger charge is 2.09. The fourth-order valence-corrected chi connectivity index (χ4v) is 2.61. The van der Waals surface area contributed by atoms with E-state index in [0.717, 1.165) is 23.8 Å². The van der Waals surface area contributed by atoms with Crippen LogP contribution in [0.4, 0.5) is 4.39 Å². The molecule has 0 aliphatic heterocycles. The van der Waals surface area contributed by atoms with Gasteiger partial charge in [0, 0.05) is 11.4 Å². The molecule has 0 spiro atoms. The number of hydrogen-bond acceptors (Lipinski definition) is 4. The standard InChI is InChI=1S/C14H17FN2OS/c1-3-16-8-13-10(2)17-14(19-13)9-18-12-7-5-4-6-11(12)15/h4-7,16H,3,8-9H2,1-2H3. The molecule has 0 saturated carbocycles. The van der Waals surface area contributed by atoms with Gasteiger partial charge in [-0.25, -0.2) is 9.37 Å². The van der Waals surface area contributed by atoms with Gasteiger partial charge in [-0.1, -0.05) is 19.1 Å². The van der Waals surface area contributed by atoms with Gasteiger partial charge in [-0.2, -0.15) is 0 Å². The van der Waals surface area contributed by atoms with E-state index in [-0.39, 0.29) is 11.6 Å². The van der Waals surface area contributed by atoms with Crippen molar-refractivity contribution >= 4 is 11.3 Å². The third-order valence-electron chi connectivity index (χ3n) is 2.66. The number of nitrogens with zero attached hydrogens (tertiary/aromatic N) is 1. The number of thiazole rings is 1. The normalized spacial score (nSPS) is 10.7. The van der Waals surface area contributed by atoms with Crippen molar-refractivity contribution in [3.8, 4) is 5.75 Å². The zero-order valence-corrected chi connectivity index (χ0v) is 11.9. The fourth-order valence-electron chi connectivity index (χ4n) is 1.65. The molecule has 0 radical (unpaired) electrons. The summed E-state index contributed by atoms with van der Waals surface area (Å²) in [5.41, 5.74) is 1.01. The van der Waals surface area contributed by atoms with Crippen LogP contribution in [0.25, 0.3) is 0 Å². The van der Waals surface area contributed by atoms with E-state index >= 15 is 0 Å². The van der Waals surface area contributed by atoms with Crippen LogP contribution in [-0.4, -0.2) is 11.5 Å². The second kappa shape index (κ2) is 6.63. The molecule has 0 aliphatic carbocycles. The summed E-state index contributed by atoms with van der Waals surface area (Å²) in [6.45, 7) is 6.10. The van der Waals surface area contributed by atoms with Crippen molar-refractivity contribution in [3.63, 3.8) is 0 Å². The van der Waals surface area contributed by atoms with Crippen LogP contribution < -0.4 is 10.1 Å². The Morgan fingerprint density at radius 3 is 2.89 bits per heavy atom. The number of ether oxygens (including phenoxy) is 1. The summed E-state index contributed by atoms with van der Waals surface area (Å²) < 4.78 is 18.8. The zero-order valence-electron chi connectivity index (χ0n) is 11.1. The van der Waals surface area contributed by atoms with Gasteiger partial charge in [-0.3, -0.25) is 0 Å². The van der Waals surface area contributed by atoms with E-state index in [4.69, 9.17) is 4.74 Å². The summed E-state index contributed by atoms with van der Waals surface area (Å²) in [5.74, 6) is -0.0766. The predicted octanol–water partition coefficient (Wildman–Crippen LogP) is 3.28. The van der Waals surface area contributed by atoms with Crippen LogP contribution in [0.3, 0.4) is 0 Å². The molecule has 2 aromatic rings. The maximum absolute atomic E-state index is 13.4. The van der Waals surface area contributed by atoms with Crippen LogP contribution in [0.15, 0.2) is 24.3 Å². The largest absolute Gasteiger partial charge is 0.483 e. The van der Waals surface area contributed by atoms with Gasteiger partial charge in [-0.15, -0.1) is 11.3 Å². The lowest BCUT2D eigenvalue weighted by atomic mass is 10.3. The van der Waals surface area contributed by atoms with Crippen LogP contribution in [0.1, 0.15) is 22.5 Å². The minimum Gasteiger partial charge on any atom is -0.483 e. The molecule has 1 heterocycles. The fraction of sp³-hybridized carbons (Fsp3) is 0.357. The van der Waals surface area contributed by atoms with Crippen molar-refractivity contribution in [3.05, 3.63) is 45.7 Å². The van der Waals surface area contributed by atoms with Crippen molar-refractivity contribution in [1.29, 1.82) is 0 Å². The lowest BCUT2D eigenvalue weighted by Crippen LogP contribution is -2.11. The maximum atomic E-state index is 13.4. The van der Waals surface area contributed by atoms with Crippen LogP contribution >= 0.6 is 11.3 Å². The Morgan fingerprint density at radius 1 is 1.37 bits per heavy atom. The van der Waals surface area contributed by atoms with Crippen LogP contribution in [-0.2, 0) is 13.2 Å². The van der Waals surface area contributed by atoms with E-state index in [0.29, 0.717) is 6.61 Å². The SMILES string of the molecule is CCNCc1sc(COc2ccccc2F)nc1C. The second-order valence-corrected chi connectivity index (χ2v) is 5.28. The Kier molecular flexibility index (Phi) is 4.87. The minimum atomic E-state index is -0.344. The maximum Gasteiger partial charge on any atom is 0.165 e. The van der Waals surface area contributed by atoms with Crippen molar-refractivity contribution in [2.24, 2.45) is 0 Å².